The van der Waals surface area contributed by atoms with Crippen LogP contribution in [0.4, 0.5) is 0 Å². The average Bonchev–Trinajstić information content (AvgIpc) is 3.01. The second kappa shape index (κ2) is 8.57. The highest BCUT2D eigenvalue weighted by atomic mass is 16.5. The zero-order valence-electron chi connectivity index (χ0n) is 16.3. The Balaban J connectivity index is 1.71. The van der Waals surface area contributed by atoms with Crippen LogP contribution in [0.25, 0.3) is 17.0 Å². The molecule has 0 spiro atoms. The van der Waals surface area contributed by atoms with Crippen molar-refractivity contribution in [3.05, 3.63) is 71.4 Å². The molecule has 0 aliphatic carbocycles. The van der Waals surface area contributed by atoms with Gasteiger partial charge in [-0.1, -0.05) is 30.3 Å². The number of ether oxygens (including phenoxy) is 2. The summed E-state index contributed by atoms with van der Waals surface area (Å²) in [5, 5.41) is 1.18. The lowest BCUT2D eigenvalue weighted by atomic mass is 10.1. The Kier molecular flexibility index (Phi) is 5.94. The van der Waals surface area contributed by atoms with Gasteiger partial charge in [0.05, 0.1) is 12.3 Å². The molecule has 5 heteroatoms. The molecule has 0 radical (unpaired) electrons. The van der Waals surface area contributed by atoms with Crippen LogP contribution < -0.4 is 4.74 Å². The molecule has 0 fully saturated rings. The third kappa shape index (κ3) is 4.31. The van der Waals surface area contributed by atoms with E-state index in [0.717, 1.165) is 16.8 Å². The quantitative estimate of drug-likeness (QED) is 0.267. The first-order valence-electron chi connectivity index (χ1n) is 9.15. The first-order valence-corrected chi connectivity index (χ1v) is 9.15. The van der Waals surface area contributed by atoms with Crippen LogP contribution in [-0.4, -0.2) is 22.9 Å². The Hall–Kier alpha value is -3.34. The summed E-state index contributed by atoms with van der Waals surface area (Å²) in [4.78, 5) is 23.6. The molecular formula is C23H23NO4. The van der Waals surface area contributed by atoms with Gasteiger partial charge < -0.3 is 14.0 Å². The van der Waals surface area contributed by atoms with Crippen LogP contribution in [0.2, 0.25) is 0 Å². The molecule has 28 heavy (non-hydrogen) atoms. The van der Waals surface area contributed by atoms with E-state index in [4.69, 9.17) is 9.47 Å². The van der Waals surface area contributed by atoms with Crippen molar-refractivity contribution >= 4 is 28.7 Å². The molecule has 0 atom stereocenters. The Bertz CT molecular complexity index is 1030. The van der Waals surface area contributed by atoms with Gasteiger partial charge in [-0.05, 0) is 55.1 Å². The highest BCUT2D eigenvalue weighted by Crippen LogP contribution is 2.21. The monoisotopic (exact) mass is 377 g/mol. The maximum Gasteiger partial charge on any atom is 0.341 e. The summed E-state index contributed by atoms with van der Waals surface area (Å²) >= 11 is 0. The Morgan fingerprint density at radius 3 is 2.43 bits per heavy atom. The van der Waals surface area contributed by atoms with Gasteiger partial charge in [-0.3, -0.25) is 4.79 Å². The van der Waals surface area contributed by atoms with Crippen molar-refractivity contribution in [2.75, 3.05) is 6.61 Å². The molecule has 3 aromatic rings. The Labute approximate surface area is 164 Å². The largest absolute Gasteiger partial charge is 0.487 e. The minimum absolute atomic E-state index is 0.0334. The maximum atomic E-state index is 11.9. The van der Waals surface area contributed by atoms with Crippen molar-refractivity contribution in [3.63, 3.8) is 0 Å². The van der Waals surface area contributed by atoms with E-state index in [2.05, 4.69) is 22.8 Å². The van der Waals surface area contributed by atoms with Gasteiger partial charge >= 0.3 is 5.97 Å². The average molecular weight is 377 g/mol. The minimum Gasteiger partial charge on any atom is -0.487 e. The van der Waals surface area contributed by atoms with Gasteiger partial charge in [-0.15, -0.1) is 0 Å². The first-order chi connectivity index (χ1) is 13.5. The minimum atomic E-state index is -0.605. The lowest BCUT2D eigenvalue weighted by Crippen LogP contribution is -2.13. The third-order valence-electron chi connectivity index (χ3n) is 4.50. The number of aromatic nitrogens is 1. The number of benzene rings is 2. The van der Waals surface area contributed by atoms with E-state index in [1.807, 2.05) is 31.3 Å². The van der Waals surface area contributed by atoms with Crippen molar-refractivity contribution in [2.45, 2.75) is 20.5 Å². The lowest BCUT2D eigenvalue weighted by molar-refractivity contribution is -0.139. The van der Waals surface area contributed by atoms with Crippen LogP contribution >= 0.6 is 0 Å². The van der Waals surface area contributed by atoms with E-state index in [1.54, 1.807) is 19.1 Å². The molecule has 5 nitrogen and oxygen atoms in total. The smallest absolute Gasteiger partial charge is 0.341 e. The zero-order valence-corrected chi connectivity index (χ0v) is 16.3. The number of nitrogens with zero attached hydrogens (tertiary/aromatic N) is 1. The number of aryl methyl sites for hydroxylation is 1. The molecule has 0 aliphatic rings. The van der Waals surface area contributed by atoms with Crippen molar-refractivity contribution < 1.29 is 19.1 Å². The first kappa shape index (κ1) is 19.4. The molecule has 2 aromatic carbocycles. The highest BCUT2D eigenvalue weighted by molar-refractivity contribution is 6.19. The molecule has 0 N–H and O–H groups in total. The molecule has 3 rings (SSSR count). The SMILES string of the molecule is CCOC(=O)C(=Cc1ccc(OCc2cc3ccccc3n2C)cc1)C(C)=O. The van der Waals surface area contributed by atoms with Gasteiger partial charge in [-0.25, -0.2) is 4.79 Å². The molecule has 0 saturated carbocycles. The van der Waals surface area contributed by atoms with Crippen LogP contribution in [0.15, 0.2) is 60.2 Å². The highest BCUT2D eigenvalue weighted by Gasteiger charge is 2.15. The standard InChI is InChI=1S/C23H23NO4/c1-4-27-23(26)21(16(2)25)13-17-9-11-20(12-10-17)28-15-19-14-18-7-5-6-8-22(18)24(19)3/h5-14H,4,15H2,1-3H3. The number of carbonyl (C=O) groups excluding carboxylic acids is 2. The van der Waals surface area contributed by atoms with Crippen LogP contribution in [-0.2, 0) is 28.0 Å². The Morgan fingerprint density at radius 1 is 1.07 bits per heavy atom. The van der Waals surface area contributed by atoms with E-state index in [9.17, 15) is 9.59 Å². The van der Waals surface area contributed by atoms with Gasteiger partial charge in [0.2, 0.25) is 0 Å². The van der Waals surface area contributed by atoms with Crippen LogP contribution in [0, 0.1) is 0 Å². The fourth-order valence-electron chi connectivity index (χ4n) is 2.98. The molecular weight excluding hydrogens is 354 g/mol. The molecule has 0 bridgehead atoms. The zero-order chi connectivity index (χ0) is 20.1. The maximum absolute atomic E-state index is 11.9. The van der Waals surface area contributed by atoms with Crippen molar-refractivity contribution in [1.82, 2.24) is 4.57 Å². The lowest BCUT2D eigenvalue weighted by Gasteiger charge is -2.08. The Morgan fingerprint density at radius 2 is 1.79 bits per heavy atom. The molecule has 0 unspecified atom stereocenters. The molecule has 0 amide bonds. The van der Waals surface area contributed by atoms with Crippen molar-refractivity contribution in [3.8, 4) is 5.75 Å². The number of para-hydroxylation sites is 1. The van der Waals surface area contributed by atoms with E-state index in [0.29, 0.717) is 12.4 Å². The van der Waals surface area contributed by atoms with Crippen molar-refractivity contribution in [2.24, 2.45) is 7.05 Å². The third-order valence-corrected chi connectivity index (χ3v) is 4.50. The van der Waals surface area contributed by atoms with Gasteiger partial charge in [-0.2, -0.15) is 0 Å². The predicted molar refractivity (Wildman–Crippen MR) is 109 cm³/mol. The van der Waals surface area contributed by atoms with Crippen molar-refractivity contribution in [1.29, 1.82) is 0 Å². The second-order valence-electron chi connectivity index (χ2n) is 6.45. The van der Waals surface area contributed by atoms with Crippen LogP contribution in [0.3, 0.4) is 0 Å². The summed E-state index contributed by atoms with van der Waals surface area (Å²) in [5.74, 6) is -0.219. The molecule has 0 aliphatic heterocycles. The number of hydrogen-bond acceptors (Lipinski definition) is 4. The number of hydrogen-bond donors (Lipinski definition) is 0. The van der Waals surface area contributed by atoms with Crippen LogP contribution in [0.1, 0.15) is 25.1 Å². The molecule has 1 heterocycles. The summed E-state index contributed by atoms with van der Waals surface area (Å²) in [6.07, 6.45) is 1.54. The second-order valence-corrected chi connectivity index (χ2v) is 6.45. The van der Waals surface area contributed by atoms with E-state index >= 15 is 0 Å². The van der Waals surface area contributed by atoms with Crippen LogP contribution in [0.5, 0.6) is 5.75 Å². The summed E-state index contributed by atoms with van der Waals surface area (Å²) in [6.45, 7) is 3.73. The summed E-state index contributed by atoms with van der Waals surface area (Å²) < 4.78 is 12.9. The summed E-state index contributed by atoms with van der Waals surface area (Å²) in [5.41, 5.74) is 3.00. The number of rotatable bonds is 7. The van der Waals surface area contributed by atoms with E-state index in [-0.39, 0.29) is 18.0 Å². The molecule has 1 aromatic heterocycles. The number of fused-ring (bicyclic) bond motifs is 1. The fourth-order valence-corrected chi connectivity index (χ4v) is 2.98. The number of Topliss-reactive ketones (excluding diaryl/α,β-unsaturated/α-hetero) is 1. The van der Waals surface area contributed by atoms with Gasteiger partial charge in [0.25, 0.3) is 0 Å². The summed E-state index contributed by atoms with van der Waals surface area (Å²) in [7, 11) is 2.02. The predicted octanol–water partition coefficient (Wildman–Crippen LogP) is 4.29. The number of carbonyl (C=O) groups is 2. The van der Waals surface area contributed by atoms with E-state index in [1.165, 1.54) is 18.4 Å². The van der Waals surface area contributed by atoms with Gasteiger partial charge in [0.15, 0.2) is 5.78 Å². The van der Waals surface area contributed by atoms with E-state index < -0.39 is 5.97 Å². The number of ketones is 1. The molecule has 144 valence electrons. The topological polar surface area (TPSA) is 57.5 Å². The number of esters is 1. The normalized spacial score (nSPS) is 11.5. The fraction of sp³-hybridized carbons (Fsp3) is 0.217. The van der Waals surface area contributed by atoms with Gasteiger partial charge in [0.1, 0.15) is 17.9 Å². The van der Waals surface area contributed by atoms with Gasteiger partial charge in [0, 0.05) is 12.6 Å². The molecule has 0 saturated heterocycles. The summed E-state index contributed by atoms with van der Waals surface area (Å²) in [6, 6.07) is 17.6.